The predicted octanol–water partition coefficient (Wildman–Crippen LogP) is 2.03. The molecule has 0 unspecified atom stereocenters. The summed E-state index contributed by atoms with van der Waals surface area (Å²) in [5.74, 6) is 0.424. The minimum atomic E-state index is -0.560. The zero-order chi connectivity index (χ0) is 25.4. The number of carbonyl (C=O) groups excluding carboxylic acids is 2. The number of amides is 2. The van der Waals surface area contributed by atoms with Gasteiger partial charge in [0.25, 0.3) is 5.91 Å². The third kappa shape index (κ3) is 4.57. The van der Waals surface area contributed by atoms with E-state index < -0.39 is 5.91 Å². The maximum atomic E-state index is 12.3. The number of aromatic nitrogens is 5. The number of nitrogens with zero attached hydrogens (tertiary/aromatic N) is 6. The maximum Gasteiger partial charge on any atom is 0.252 e. The summed E-state index contributed by atoms with van der Waals surface area (Å²) in [7, 11) is 1.58. The van der Waals surface area contributed by atoms with E-state index in [0.29, 0.717) is 22.8 Å². The minimum Gasteiger partial charge on any atom is -0.378 e. The lowest BCUT2D eigenvalue weighted by Gasteiger charge is -2.21. The smallest absolute Gasteiger partial charge is 0.252 e. The van der Waals surface area contributed by atoms with Crippen LogP contribution in [0.3, 0.4) is 0 Å². The maximum absolute atomic E-state index is 12.3. The van der Waals surface area contributed by atoms with E-state index in [1.807, 2.05) is 24.4 Å². The molecule has 4 N–H and O–H groups in total. The molecule has 0 spiro atoms. The fourth-order valence-corrected chi connectivity index (χ4v) is 4.57. The van der Waals surface area contributed by atoms with Crippen molar-refractivity contribution in [3.8, 4) is 11.1 Å². The molecular weight excluding hydrogens is 482 g/mol. The van der Waals surface area contributed by atoms with Crippen molar-refractivity contribution in [1.29, 1.82) is 0 Å². The molecule has 186 valence electrons. The highest BCUT2D eigenvalue weighted by molar-refractivity contribution is 6.30. The average molecular weight is 508 g/mol. The van der Waals surface area contributed by atoms with E-state index in [-0.39, 0.29) is 24.4 Å². The highest BCUT2D eigenvalue weighted by atomic mass is 35.5. The van der Waals surface area contributed by atoms with Crippen molar-refractivity contribution < 1.29 is 9.59 Å². The van der Waals surface area contributed by atoms with Gasteiger partial charge in [0.05, 0.1) is 34.2 Å². The summed E-state index contributed by atoms with van der Waals surface area (Å²) in [4.78, 5) is 30.6. The van der Waals surface area contributed by atoms with Crippen LogP contribution in [0.4, 0.5) is 11.5 Å². The molecule has 0 radical (unpaired) electrons. The van der Waals surface area contributed by atoms with Gasteiger partial charge in [0.15, 0.2) is 0 Å². The van der Waals surface area contributed by atoms with Crippen LogP contribution in [-0.2, 0) is 11.3 Å². The third-order valence-corrected chi connectivity index (χ3v) is 6.66. The molecule has 2 atom stereocenters. The molecule has 1 aliphatic heterocycles. The summed E-state index contributed by atoms with van der Waals surface area (Å²) < 4.78 is 3.27. The number of halogens is 1. The molecule has 1 saturated heterocycles. The van der Waals surface area contributed by atoms with Crippen molar-refractivity contribution in [2.24, 2.45) is 11.7 Å². The number of hydrogen-bond donors (Lipinski definition) is 3. The van der Waals surface area contributed by atoms with E-state index in [1.165, 1.54) is 6.20 Å². The molecule has 0 aromatic carbocycles. The lowest BCUT2D eigenvalue weighted by Crippen LogP contribution is -2.30. The van der Waals surface area contributed by atoms with Gasteiger partial charge in [-0.05, 0) is 24.1 Å². The minimum absolute atomic E-state index is 0.0421. The SMILES string of the molecule is CNC(=O)Cn1cc(-c2cc3c(N[C@@H]4CN(c5ccc(Cl)cn5)C[C@H]4C)c(C(N)=O)cnn3c2)cn1. The van der Waals surface area contributed by atoms with Gasteiger partial charge in [0, 0.05) is 55.9 Å². The summed E-state index contributed by atoms with van der Waals surface area (Å²) in [5, 5.41) is 15.4. The number of likely N-dealkylation sites (N-methyl/N-ethyl adjacent to an activating group) is 1. The highest BCUT2D eigenvalue weighted by Crippen LogP contribution is 2.31. The Morgan fingerprint density at radius 1 is 1.14 bits per heavy atom. The van der Waals surface area contributed by atoms with Gasteiger partial charge in [-0.2, -0.15) is 10.2 Å². The van der Waals surface area contributed by atoms with Crippen LogP contribution < -0.4 is 21.3 Å². The van der Waals surface area contributed by atoms with Crippen molar-refractivity contribution in [3.05, 3.63) is 59.8 Å². The van der Waals surface area contributed by atoms with Crippen molar-refractivity contribution >= 4 is 40.4 Å². The van der Waals surface area contributed by atoms with Gasteiger partial charge in [-0.25, -0.2) is 9.50 Å². The fraction of sp³-hybridized carbons (Fsp3) is 0.292. The Labute approximate surface area is 212 Å². The van der Waals surface area contributed by atoms with E-state index in [2.05, 4.69) is 37.6 Å². The van der Waals surface area contributed by atoms with Crippen molar-refractivity contribution in [2.75, 3.05) is 30.4 Å². The normalized spacial score (nSPS) is 17.5. The number of carbonyl (C=O) groups is 2. The zero-order valence-corrected chi connectivity index (χ0v) is 20.6. The fourth-order valence-electron chi connectivity index (χ4n) is 4.46. The van der Waals surface area contributed by atoms with Gasteiger partial charge >= 0.3 is 0 Å². The van der Waals surface area contributed by atoms with Crippen LogP contribution in [0.5, 0.6) is 0 Å². The average Bonchev–Trinajstić information content (AvgIpc) is 3.58. The van der Waals surface area contributed by atoms with Crippen molar-refractivity contribution in [1.82, 2.24) is 29.7 Å². The summed E-state index contributed by atoms with van der Waals surface area (Å²) >= 11 is 5.99. The molecule has 4 aromatic rings. The largest absolute Gasteiger partial charge is 0.378 e. The molecule has 11 nitrogen and oxygen atoms in total. The molecule has 12 heteroatoms. The number of rotatable bonds is 7. The molecule has 0 saturated carbocycles. The van der Waals surface area contributed by atoms with Crippen LogP contribution in [-0.4, -0.2) is 62.4 Å². The molecule has 0 aliphatic carbocycles. The number of hydrogen-bond acceptors (Lipinski definition) is 7. The Kier molecular flexibility index (Phi) is 6.23. The summed E-state index contributed by atoms with van der Waals surface area (Å²) in [6.45, 7) is 3.78. The Balaban J connectivity index is 1.45. The number of pyridine rings is 1. The Hall–Kier alpha value is -4.12. The molecule has 1 fully saturated rings. The van der Waals surface area contributed by atoms with Gasteiger partial charge in [-0.3, -0.25) is 14.3 Å². The van der Waals surface area contributed by atoms with Crippen molar-refractivity contribution in [3.63, 3.8) is 0 Å². The number of anilines is 2. The Bertz CT molecular complexity index is 1430. The monoisotopic (exact) mass is 507 g/mol. The van der Waals surface area contributed by atoms with E-state index in [0.717, 1.165) is 29.0 Å². The topological polar surface area (TPSA) is 135 Å². The summed E-state index contributed by atoms with van der Waals surface area (Å²) in [6.07, 6.45) is 8.46. The lowest BCUT2D eigenvalue weighted by atomic mass is 10.1. The number of nitrogens with one attached hydrogen (secondary N) is 2. The summed E-state index contributed by atoms with van der Waals surface area (Å²) in [5.41, 5.74) is 9.05. The second kappa shape index (κ2) is 9.50. The van der Waals surface area contributed by atoms with Crippen LogP contribution in [0, 0.1) is 5.92 Å². The van der Waals surface area contributed by atoms with Gasteiger partial charge in [0.1, 0.15) is 12.4 Å². The zero-order valence-electron chi connectivity index (χ0n) is 19.8. The molecule has 5 rings (SSSR count). The lowest BCUT2D eigenvalue weighted by molar-refractivity contribution is -0.121. The van der Waals surface area contributed by atoms with Crippen LogP contribution in [0.25, 0.3) is 16.6 Å². The predicted molar refractivity (Wildman–Crippen MR) is 137 cm³/mol. The molecule has 0 bridgehead atoms. The molecular formula is C24H26ClN9O2. The Morgan fingerprint density at radius 2 is 1.97 bits per heavy atom. The van der Waals surface area contributed by atoms with Crippen LogP contribution in [0.15, 0.2) is 49.2 Å². The van der Waals surface area contributed by atoms with E-state index in [1.54, 1.807) is 34.8 Å². The number of nitrogens with two attached hydrogens (primary N) is 1. The number of fused-ring (bicyclic) bond motifs is 1. The van der Waals surface area contributed by atoms with Gasteiger partial charge in [-0.15, -0.1) is 0 Å². The molecule has 1 aliphatic rings. The molecule has 5 heterocycles. The first kappa shape index (κ1) is 23.6. The van der Waals surface area contributed by atoms with Crippen LogP contribution in [0.2, 0.25) is 5.02 Å². The third-order valence-electron chi connectivity index (χ3n) is 6.43. The quantitative estimate of drug-likeness (QED) is 0.348. The standard InChI is InChI=1S/C24H26ClN9O2/c1-14-9-32(21-4-3-17(25)7-28-21)12-19(14)31-23-18(24(26)36)8-30-34-11-15(5-20(23)34)16-6-29-33(10-16)13-22(35)27-2/h3-8,10-11,14,19,31H,9,12-13H2,1-2H3,(H2,26,36)(H,27,35)/t14-,19-/m1/s1. The summed E-state index contributed by atoms with van der Waals surface area (Å²) in [6, 6.07) is 5.70. The molecule has 2 amide bonds. The first-order valence-electron chi connectivity index (χ1n) is 11.5. The highest BCUT2D eigenvalue weighted by Gasteiger charge is 2.32. The van der Waals surface area contributed by atoms with Gasteiger partial charge < -0.3 is 21.3 Å². The second-order valence-corrected chi connectivity index (χ2v) is 9.36. The van der Waals surface area contributed by atoms with E-state index >= 15 is 0 Å². The molecule has 4 aromatic heterocycles. The Morgan fingerprint density at radius 3 is 2.69 bits per heavy atom. The van der Waals surface area contributed by atoms with E-state index in [4.69, 9.17) is 17.3 Å². The van der Waals surface area contributed by atoms with E-state index in [9.17, 15) is 9.59 Å². The van der Waals surface area contributed by atoms with Gasteiger partial charge in [-0.1, -0.05) is 18.5 Å². The van der Waals surface area contributed by atoms with Crippen LogP contribution >= 0.6 is 11.6 Å². The number of primary amides is 1. The first-order chi connectivity index (χ1) is 17.3. The first-order valence-corrected chi connectivity index (χ1v) is 11.9. The van der Waals surface area contributed by atoms with Gasteiger partial charge in [0.2, 0.25) is 5.91 Å². The second-order valence-electron chi connectivity index (χ2n) is 8.92. The molecule has 36 heavy (non-hydrogen) atoms. The van der Waals surface area contributed by atoms with Crippen LogP contribution in [0.1, 0.15) is 17.3 Å². The van der Waals surface area contributed by atoms with Crippen molar-refractivity contribution in [2.45, 2.75) is 19.5 Å².